The van der Waals surface area contributed by atoms with Crippen LogP contribution in [0.2, 0.25) is 0 Å². The summed E-state index contributed by atoms with van der Waals surface area (Å²) in [6.07, 6.45) is 4.84. The van der Waals surface area contributed by atoms with Crippen LogP contribution < -0.4 is 0 Å². The lowest BCUT2D eigenvalue weighted by Crippen LogP contribution is -2.48. The number of piperidine rings is 1. The summed E-state index contributed by atoms with van der Waals surface area (Å²) in [5.41, 5.74) is 0.710. The van der Waals surface area contributed by atoms with Gasteiger partial charge in [-0.3, -0.25) is 4.79 Å². The lowest BCUT2D eigenvalue weighted by Gasteiger charge is -2.44. The first-order valence-electron chi connectivity index (χ1n) is 9.43. The Balaban J connectivity index is 1.42. The summed E-state index contributed by atoms with van der Waals surface area (Å²) >= 11 is 1.35. The number of fused-ring (bicyclic) bond motifs is 2. The van der Waals surface area contributed by atoms with Crippen molar-refractivity contribution in [1.82, 2.24) is 4.90 Å². The monoisotopic (exact) mass is 379 g/mol. The number of carbonyl (C=O) groups excluding carboxylic acids is 1. The predicted octanol–water partition coefficient (Wildman–Crippen LogP) is 2.65. The molecule has 26 heavy (non-hydrogen) atoms. The molecule has 3 aliphatic rings. The number of ether oxygens (including phenoxy) is 2. The van der Waals surface area contributed by atoms with Gasteiger partial charge in [0.25, 0.3) is 0 Å². The van der Waals surface area contributed by atoms with E-state index in [2.05, 4.69) is 0 Å². The molecule has 0 unspecified atom stereocenters. The number of carboxylic acid groups (broad SMARTS) is 1. The highest BCUT2D eigenvalue weighted by atomic mass is 32.1. The Labute approximate surface area is 157 Å². The normalized spacial score (nSPS) is 23.0. The van der Waals surface area contributed by atoms with Crippen molar-refractivity contribution in [1.29, 1.82) is 0 Å². The zero-order chi connectivity index (χ0) is 18.1. The van der Waals surface area contributed by atoms with Gasteiger partial charge in [0.05, 0.1) is 6.61 Å². The fraction of sp³-hybridized carbons (Fsp3) is 0.684. The molecular weight excluding hydrogens is 354 g/mol. The van der Waals surface area contributed by atoms with E-state index in [4.69, 9.17) is 9.47 Å². The summed E-state index contributed by atoms with van der Waals surface area (Å²) in [6.45, 7) is 3.52. The van der Waals surface area contributed by atoms with E-state index in [1.165, 1.54) is 11.3 Å². The van der Waals surface area contributed by atoms with E-state index in [9.17, 15) is 14.7 Å². The Morgan fingerprint density at radius 1 is 1.23 bits per heavy atom. The van der Waals surface area contributed by atoms with Gasteiger partial charge in [0.15, 0.2) is 0 Å². The van der Waals surface area contributed by atoms with E-state index in [-0.39, 0.29) is 5.91 Å². The molecule has 1 spiro atoms. The third-order valence-corrected chi connectivity index (χ3v) is 7.26. The van der Waals surface area contributed by atoms with Crippen molar-refractivity contribution in [3.8, 4) is 0 Å². The molecule has 0 bridgehead atoms. The molecule has 1 N–H and O–H groups in total. The third kappa shape index (κ3) is 3.40. The molecule has 1 amide bonds. The van der Waals surface area contributed by atoms with Crippen LogP contribution in [-0.4, -0.2) is 54.8 Å². The van der Waals surface area contributed by atoms with E-state index in [0.29, 0.717) is 36.9 Å². The van der Waals surface area contributed by atoms with E-state index < -0.39 is 11.6 Å². The van der Waals surface area contributed by atoms with E-state index >= 15 is 0 Å². The largest absolute Gasteiger partial charge is 0.477 e. The minimum atomic E-state index is -0.872. The highest BCUT2D eigenvalue weighted by molar-refractivity contribution is 7.14. The topological polar surface area (TPSA) is 76.1 Å². The van der Waals surface area contributed by atoms with Gasteiger partial charge in [0.1, 0.15) is 10.5 Å². The first-order chi connectivity index (χ1) is 12.6. The van der Waals surface area contributed by atoms with Crippen molar-refractivity contribution in [2.45, 2.75) is 44.1 Å². The third-order valence-electron chi connectivity index (χ3n) is 5.91. The maximum absolute atomic E-state index is 12.6. The van der Waals surface area contributed by atoms with Gasteiger partial charge in [0, 0.05) is 37.6 Å². The summed E-state index contributed by atoms with van der Waals surface area (Å²) < 4.78 is 11.5. The average Bonchev–Trinajstić information content (AvgIpc) is 3.10. The Hall–Kier alpha value is -1.44. The average molecular weight is 379 g/mol. The minimum Gasteiger partial charge on any atom is -0.477 e. The van der Waals surface area contributed by atoms with Crippen molar-refractivity contribution in [3.63, 3.8) is 0 Å². The summed E-state index contributed by atoms with van der Waals surface area (Å²) in [5, 5.41) is 9.30. The fourth-order valence-corrected chi connectivity index (χ4v) is 5.59. The van der Waals surface area contributed by atoms with E-state index in [1.54, 1.807) is 6.07 Å². The number of amides is 1. The summed E-state index contributed by atoms with van der Waals surface area (Å²) in [6, 6.07) is 1.80. The molecular formula is C19H25NO5S. The molecule has 0 atom stereocenters. The number of likely N-dealkylation sites (tertiary alicyclic amines) is 1. The van der Waals surface area contributed by atoms with Crippen LogP contribution in [0.3, 0.4) is 0 Å². The number of nitrogens with zero attached hydrogens (tertiary/aromatic N) is 1. The van der Waals surface area contributed by atoms with Crippen LogP contribution in [0.5, 0.6) is 0 Å². The smallest absolute Gasteiger partial charge is 0.345 e. The SMILES string of the molecule is O=C(O)c1cc2c(s1)C1(CCN(C(=O)CC3CCOCC3)CC1)OCC2. The Kier molecular flexibility index (Phi) is 5.03. The van der Waals surface area contributed by atoms with Crippen molar-refractivity contribution < 1.29 is 24.2 Å². The van der Waals surface area contributed by atoms with Crippen molar-refractivity contribution in [3.05, 3.63) is 21.4 Å². The molecule has 1 aromatic rings. The summed E-state index contributed by atoms with van der Waals surface area (Å²) in [7, 11) is 0. The zero-order valence-corrected chi connectivity index (χ0v) is 15.7. The van der Waals surface area contributed by atoms with Gasteiger partial charge in [-0.25, -0.2) is 4.79 Å². The fourth-order valence-electron chi connectivity index (χ4n) is 4.34. The quantitative estimate of drug-likeness (QED) is 0.874. The van der Waals surface area contributed by atoms with Crippen LogP contribution >= 0.6 is 11.3 Å². The van der Waals surface area contributed by atoms with Gasteiger partial charge >= 0.3 is 5.97 Å². The number of thiophene rings is 1. The lowest BCUT2D eigenvalue weighted by molar-refractivity contribution is -0.141. The lowest BCUT2D eigenvalue weighted by atomic mass is 9.85. The van der Waals surface area contributed by atoms with Crippen molar-refractivity contribution in [2.24, 2.45) is 5.92 Å². The Morgan fingerprint density at radius 2 is 1.96 bits per heavy atom. The molecule has 7 heteroatoms. The van der Waals surface area contributed by atoms with E-state index in [1.807, 2.05) is 4.90 Å². The molecule has 6 nitrogen and oxygen atoms in total. The van der Waals surface area contributed by atoms with Gasteiger partial charge < -0.3 is 19.5 Å². The molecule has 3 aliphatic heterocycles. The molecule has 4 rings (SSSR count). The van der Waals surface area contributed by atoms with Crippen LogP contribution in [0, 0.1) is 5.92 Å². The highest BCUT2D eigenvalue weighted by Gasteiger charge is 2.43. The van der Waals surface area contributed by atoms with Gasteiger partial charge in [-0.15, -0.1) is 11.3 Å². The Morgan fingerprint density at radius 3 is 2.65 bits per heavy atom. The number of hydrogen-bond acceptors (Lipinski definition) is 5. The van der Waals surface area contributed by atoms with Crippen LogP contribution in [-0.2, 0) is 26.3 Å². The van der Waals surface area contributed by atoms with Crippen LogP contribution in [0.15, 0.2) is 6.07 Å². The number of aromatic carboxylic acids is 1. The number of carbonyl (C=O) groups is 2. The van der Waals surface area contributed by atoms with Gasteiger partial charge in [-0.05, 0) is 49.7 Å². The molecule has 142 valence electrons. The number of carboxylic acids is 1. The molecule has 1 aromatic heterocycles. The first kappa shape index (κ1) is 17.9. The second-order valence-electron chi connectivity index (χ2n) is 7.50. The molecule has 4 heterocycles. The van der Waals surface area contributed by atoms with Gasteiger partial charge in [-0.1, -0.05) is 0 Å². The Bertz CT molecular complexity index is 686. The predicted molar refractivity (Wildman–Crippen MR) is 96.6 cm³/mol. The number of rotatable bonds is 3. The summed E-state index contributed by atoms with van der Waals surface area (Å²) in [5.74, 6) is -0.191. The molecule has 0 aliphatic carbocycles. The minimum absolute atomic E-state index is 0.236. The molecule has 2 fully saturated rings. The molecule has 2 saturated heterocycles. The van der Waals surface area contributed by atoms with Crippen molar-refractivity contribution >= 4 is 23.2 Å². The van der Waals surface area contributed by atoms with Gasteiger partial charge in [-0.2, -0.15) is 0 Å². The second-order valence-corrected chi connectivity index (χ2v) is 8.56. The molecule has 0 aromatic carbocycles. The van der Waals surface area contributed by atoms with Gasteiger partial charge in [0.2, 0.25) is 5.91 Å². The van der Waals surface area contributed by atoms with Crippen LogP contribution in [0.1, 0.15) is 52.2 Å². The first-order valence-corrected chi connectivity index (χ1v) is 10.2. The molecule has 0 radical (unpaired) electrons. The van der Waals surface area contributed by atoms with Crippen LogP contribution in [0.4, 0.5) is 0 Å². The maximum Gasteiger partial charge on any atom is 0.345 e. The highest BCUT2D eigenvalue weighted by Crippen LogP contribution is 2.45. The van der Waals surface area contributed by atoms with Crippen molar-refractivity contribution in [2.75, 3.05) is 32.9 Å². The summed E-state index contributed by atoms with van der Waals surface area (Å²) in [4.78, 5) is 27.4. The van der Waals surface area contributed by atoms with Crippen LogP contribution in [0.25, 0.3) is 0 Å². The van der Waals surface area contributed by atoms with E-state index in [0.717, 1.165) is 55.8 Å². The standard InChI is InChI=1S/C19H25NO5S/c21-16(11-13-1-8-24-9-2-13)20-6-4-19(5-7-20)17-14(3-10-25-19)12-15(26-17)18(22)23/h12-13H,1-11H2,(H,22,23). The zero-order valence-electron chi connectivity index (χ0n) is 14.9. The number of hydrogen-bond donors (Lipinski definition) is 1. The second kappa shape index (κ2) is 7.29. The maximum atomic E-state index is 12.6. The molecule has 0 saturated carbocycles.